The van der Waals surface area contributed by atoms with Crippen LogP contribution in [0.5, 0.6) is 0 Å². The number of nitrogens with two attached hydrogens (primary N) is 1. The number of benzene rings is 1. The molecule has 5 nitrogen and oxygen atoms in total. The maximum Gasteiger partial charge on any atom is 0.240 e. The Hall–Kier alpha value is -0.950. The Morgan fingerprint density at radius 3 is 2.55 bits per heavy atom. The summed E-state index contributed by atoms with van der Waals surface area (Å²) in [5, 5.41) is 0. The second-order valence-electron chi connectivity index (χ2n) is 5.11. The number of rotatable bonds is 6. The molecule has 1 fully saturated rings. The minimum absolute atomic E-state index is 0.225. The molecule has 0 aromatic heterocycles. The molecule has 0 spiro atoms. The largest absolute Gasteiger partial charge is 0.326 e. The first-order valence-corrected chi connectivity index (χ1v) is 8.62. The Balaban J connectivity index is 1.93. The van der Waals surface area contributed by atoms with Crippen LogP contribution in [0.2, 0.25) is 0 Å². The average Bonchev–Trinajstić information content (AvgIpc) is 2.48. The first kappa shape index (κ1) is 15.4. The van der Waals surface area contributed by atoms with Crippen molar-refractivity contribution in [1.82, 2.24) is 9.62 Å². The maximum absolute atomic E-state index is 12.3. The lowest BCUT2D eigenvalue weighted by atomic mass is 10.1. The molecule has 0 bridgehead atoms. The second kappa shape index (κ2) is 7.17. The number of hydrogen-bond acceptors (Lipinski definition) is 4. The predicted molar refractivity (Wildman–Crippen MR) is 79.8 cm³/mol. The van der Waals surface area contributed by atoms with Crippen molar-refractivity contribution in [2.24, 2.45) is 5.73 Å². The van der Waals surface area contributed by atoms with Gasteiger partial charge in [0.1, 0.15) is 0 Å². The molecule has 112 valence electrons. The number of nitrogens with zero attached hydrogens (tertiary/aromatic N) is 1. The lowest BCUT2D eigenvalue weighted by molar-refractivity contribution is 0.233. The average molecular weight is 297 g/mol. The molecule has 0 amide bonds. The van der Waals surface area contributed by atoms with Gasteiger partial charge in [-0.1, -0.05) is 24.6 Å². The van der Waals surface area contributed by atoms with Gasteiger partial charge in [0.05, 0.1) is 4.90 Å². The summed E-state index contributed by atoms with van der Waals surface area (Å²) in [6, 6.07) is 6.87. The van der Waals surface area contributed by atoms with Crippen LogP contribution in [-0.4, -0.2) is 39.5 Å². The van der Waals surface area contributed by atoms with Gasteiger partial charge in [-0.3, -0.25) is 0 Å². The van der Waals surface area contributed by atoms with E-state index in [0.29, 0.717) is 17.0 Å². The standard InChI is InChI=1S/C14H23N3O2S/c15-12-13-6-2-3-7-14(13)20(18,19)16-8-11-17-9-4-1-5-10-17/h2-3,6-7,16H,1,4-5,8-12,15H2. The highest BCUT2D eigenvalue weighted by molar-refractivity contribution is 7.89. The van der Waals surface area contributed by atoms with Crippen LogP contribution < -0.4 is 10.5 Å². The molecule has 1 heterocycles. The van der Waals surface area contributed by atoms with E-state index in [9.17, 15) is 8.42 Å². The Morgan fingerprint density at radius 2 is 1.85 bits per heavy atom. The highest BCUT2D eigenvalue weighted by atomic mass is 32.2. The van der Waals surface area contributed by atoms with Crippen LogP contribution in [0.1, 0.15) is 24.8 Å². The smallest absolute Gasteiger partial charge is 0.240 e. The SMILES string of the molecule is NCc1ccccc1S(=O)(=O)NCCN1CCCCC1. The Kier molecular flexibility index (Phi) is 5.54. The third-order valence-electron chi connectivity index (χ3n) is 3.65. The van der Waals surface area contributed by atoms with Crippen LogP contribution in [0.15, 0.2) is 29.2 Å². The Bertz CT molecular complexity index is 525. The molecule has 1 aliphatic rings. The molecular formula is C14H23N3O2S. The lowest BCUT2D eigenvalue weighted by Crippen LogP contribution is -2.37. The molecular weight excluding hydrogens is 274 g/mol. The molecule has 0 saturated carbocycles. The van der Waals surface area contributed by atoms with Crippen LogP contribution in [0.25, 0.3) is 0 Å². The molecule has 0 unspecified atom stereocenters. The molecule has 20 heavy (non-hydrogen) atoms. The zero-order valence-electron chi connectivity index (χ0n) is 11.7. The third-order valence-corrected chi connectivity index (χ3v) is 5.21. The van der Waals surface area contributed by atoms with E-state index in [1.165, 1.54) is 19.3 Å². The number of piperidine rings is 1. The second-order valence-corrected chi connectivity index (χ2v) is 6.85. The molecule has 6 heteroatoms. The zero-order valence-corrected chi connectivity index (χ0v) is 12.5. The van der Waals surface area contributed by atoms with Crippen molar-refractivity contribution >= 4 is 10.0 Å². The summed E-state index contributed by atoms with van der Waals surface area (Å²) >= 11 is 0. The summed E-state index contributed by atoms with van der Waals surface area (Å²) in [4.78, 5) is 2.60. The number of sulfonamides is 1. The van der Waals surface area contributed by atoms with Gasteiger partial charge in [-0.05, 0) is 37.6 Å². The van der Waals surface area contributed by atoms with E-state index in [-0.39, 0.29) is 6.54 Å². The van der Waals surface area contributed by atoms with Gasteiger partial charge < -0.3 is 10.6 Å². The Labute approximate surface area is 121 Å². The number of likely N-dealkylation sites (tertiary alicyclic amines) is 1. The van der Waals surface area contributed by atoms with Crippen LogP contribution in [-0.2, 0) is 16.6 Å². The molecule has 0 radical (unpaired) electrons. The molecule has 1 aliphatic heterocycles. The van der Waals surface area contributed by atoms with E-state index < -0.39 is 10.0 Å². The zero-order chi connectivity index (χ0) is 14.4. The van der Waals surface area contributed by atoms with Crippen LogP contribution in [0.4, 0.5) is 0 Å². The number of nitrogens with one attached hydrogen (secondary N) is 1. The maximum atomic E-state index is 12.3. The van der Waals surface area contributed by atoms with Crippen LogP contribution in [0.3, 0.4) is 0 Å². The van der Waals surface area contributed by atoms with Gasteiger partial charge in [0, 0.05) is 19.6 Å². The van der Waals surface area contributed by atoms with Crippen molar-refractivity contribution < 1.29 is 8.42 Å². The summed E-state index contributed by atoms with van der Waals surface area (Å²) in [5.74, 6) is 0. The van der Waals surface area contributed by atoms with Gasteiger partial charge in [0.2, 0.25) is 10.0 Å². The van der Waals surface area contributed by atoms with E-state index in [1.807, 2.05) is 0 Å². The third kappa shape index (κ3) is 4.02. The first-order valence-electron chi connectivity index (χ1n) is 7.13. The fourth-order valence-electron chi connectivity index (χ4n) is 2.53. The van der Waals surface area contributed by atoms with E-state index in [1.54, 1.807) is 24.3 Å². The van der Waals surface area contributed by atoms with E-state index in [0.717, 1.165) is 19.6 Å². The van der Waals surface area contributed by atoms with Crippen molar-refractivity contribution in [3.8, 4) is 0 Å². The summed E-state index contributed by atoms with van der Waals surface area (Å²) in [7, 11) is -3.46. The molecule has 0 atom stereocenters. The highest BCUT2D eigenvalue weighted by Gasteiger charge is 2.17. The summed E-state index contributed by atoms with van der Waals surface area (Å²) in [5.41, 5.74) is 6.24. The fourth-order valence-corrected chi connectivity index (χ4v) is 3.80. The normalized spacial score (nSPS) is 17.2. The molecule has 2 rings (SSSR count). The predicted octanol–water partition coefficient (Wildman–Crippen LogP) is 0.909. The summed E-state index contributed by atoms with van der Waals surface area (Å²) in [6.07, 6.45) is 3.71. The van der Waals surface area contributed by atoms with Crippen molar-refractivity contribution in [3.63, 3.8) is 0 Å². The molecule has 1 aromatic rings. The monoisotopic (exact) mass is 297 g/mol. The van der Waals surface area contributed by atoms with Crippen molar-refractivity contribution in [1.29, 1.82) is 0 Å². The van der Waals surface area contributed by atoms with Crippen LogP contribution in [0, 0.1) is 0 Å². The van der Waals surface area contributed by atoms with Crippen molar-refractivity contribution in [3.05, 3.63) is 29.8 Å². The van der Waals surface area contributed by atoms with Gasteiger partial charge in [0.25, 0.3) is 0 Å². The molecule has 3 N–H and O–H groups in total. The Morgan fingerprint density at radius 1 is 1.15 bits per heavy atom. The van der Waals surface area contributed by atoms with E-state index in [4.69, 9.17) is 5.73 Å². The lowest BCUT2D eigenvalue weighted by Gasteiger charge is -2.26. The van der Waals surface area contributed by atoms with Crippen molar-refractivity contribution in [2.75, 3.05) is 26.2 Å². The van der Waals surface area contributed by atoms with Gasteiger partial charge >= 0.3 is 0 Å². The molecule has 1 saturated heterocycles. The minimum atomic E-state index is -3.46. The summed E-state index contributed by atoms with van der Waals surface area (Å²) in [6.45, 7) is 3.58. The molecule has 0 aliphatic carbocycles. The molecule has 1 aromatic carbocycles. The number of hydrogen-bond donors (Lipinski definition) is 2. The van der Waals surface area contributed by atoms with Crippen LogP contribution >= 0.6 is 0 Å². The highest BCUT2D eigenvalue weighted by Crippen LogP contribution is 2.14. The van der Waals surface area contributed by atoms with Gasteiger partial charge in [-0.15, -0.1) is 0 Å². The summed E-state index contributed by atoms with van der Waals surface area (Å²) < 4.78 is 27.2. The first-order chi connectivity index (χ1) is 9.63. The van der Waals surface area contributed by atoms with E-state index in [2.05, 4.69) is 9.62 Å². The van der Waals surface area contributed by atoms with Gasteiger partial charge in [0.15, 0.2) is 0 Å². The van der Waals surface area contributed by atoms with Crippen molar-refractivity contribution in [2.45, 2.75) is 30.7 Å². The topological polar surface area (TPSA) is 75.4 Å². The van der Waals surface area contributed by atoms with Gasteiger partial charge in [-0.2, -0.15) is 0 Å². The minimum Gasteiger partial charge on any atom is -0.326 e. The quantitative estimate of drug-likeness (QED) is 0.818. The fraction of sp³-hybridized carbons (Fsp3) is 0.571. The van der Waals surface area contributed by atoms with Gasteiger partial charge in [-0.25, -0.2) is 13.1 Å². The van der Waals surface area contributed by atoms with E-state index >= 15 is 0 Å².